The van der Waals surface area contributed by atoms with Crippen molar-refractivity contribution in [1.29, 1.82) is 0 Å². The molecule has 1 aliphatic rings. The van der Waals surface area contributed by atoms with Crippen molar-refractivity contribution in [3.05, 3.63) is 12.2 Å². The number of nitrogens with zero attached hydrogens (tertiary/aromatic N) is 1. The maximum Gasteiger partial charge on any atom is 0.0189 e. The Kier molecular flexibility index (Phi) is 6.00. The maximum absolute atomic E-state index is 4.11. The number of hydrogen-bond donors (Lipinski definition) is 0. The van der Waals surface area contributed by atoms with E-state index >= 15 is 0 Å². The van der Waals surface area contributed by atoms with E-state index in [0.717, 1.165) is 19.0 Å². The first-order valence-corrected chi connectivity index (χ1v) is 6.61. The van der Waals surface area contributed by atoms with Crippen LogP contribution in [0.1, 0.15) is 58.3 Å². The predicted molar refractivity (Wildman–Crippen MR) is 68.2 cm³/mol. The smallest absolute Gasteiger partial charge is 0.0189 e. The molecule has 0 aliphatic heterocycles. The maximum atomic E-state index is 4.11. The molecule has 1 heteroatoms. The van der Waals surface area contributed by atoms with Gasteiger partial charge in [0.2, 0.25) is 0 Å². The zero-order valence-electron chi connectivity index (χ0n) is 10.6. The zero-order chi connectivity index (χ0) is 11.1. The first kappa shape index (κ1) is 12.8. The third-order valence-corrected chi connectivity index (χ3v) is 3.67. The van der Waals surface area contributed by atoms with Gasteiger partial charge in [-0.2, -0.15) is 0 Å². The highest BCUT2D eigenvalue weighted by Gasteiger charge is 2.15. The van der Waals surface area contributed by atoms with Gasteiger partial charge in [-0.15, -0.1) is 0 Å². The molecule has 0 N–H and O–H groups in total. The van der Waals surface area contributed by atoms with E-state index in [0.29, 0.717) is 0 Å². The van der Waals surface area contributed by atoms with Gasteiger partial charge in [0.1, 0.15) is 0 Å². The van der Waals surface area contributed by atoms with E-state index in [4.69, 9.17) is 0 Å². The van der Waals surface area contributed by atoms with Gasteiger partial charge >= 0.3 is 0 Å². The second-order valence-electron chi connectivity index (χ2n) is 5.02. The summed E-state index contributed by atoms with van der Waals surface area (Å²) in [4.78, 5) is 2.52. The second kappa shape index (κ2) is 7.05. The lowest BCUT2D eigenvalue weighted by Crippen LogP contribution is -2.33. The van der Waals surface area contributed by atoms with Gasteiger partial charge in [-0.3, -0.25) is 4.90 Å². The molecule has 88 valence electrons. The molecule has 0 aromatic carbocycles. The van der Waals surface area contributed by atoms with Crippen molar-refractivity contribution in [1.82, 2.24) is 4.90 Å². The standard InChI is InChI=1S/C14H27N/c1-4-13(2)12-15(3)14-10-8-6-5-7-9-11-14/h14H,2,4-12H2,1,3H3. The topological polar surface area (TPSA) is 3.24 Å². The van der Waals surface area contributed by atoms with E-state index in [2.05, 4.69) is 25.5 Å². The van der Waals surface area contributed by atoms with Crippen molar-refractivity contribution in [3.63, 3.8) is 0 Å². The van der Waals surface area contributed by atoms with Crippen LogP contribution in [0, 0.1) is 0 Å². The van der Waals surface area contributed by atoms with Gasteiger partial charge in [0, 0.05) is 12.6 Å². The van der Waals surface area contributed by atoms with E-state index in [9.17, 15) is 0 Å². The lowest BCUT2D eigenvalue weighted by atomic mass is 9.95. The van der Waals surface area contributed by atoms with Gasteiger partial charge in [0.25, 0.3) is 0 Å². The molecule has 0 radical (unpaired) electrons. The van der Waals surface area contributed by atoms with Crippen molar-refractivity contribution in [2.45, 2.75) is 64.3 Å². The summed E-state index contributed by atoms with van der Waals surface area (Å²) in [7, 11) is 2.27. The van der Waals surface area contributed by atoms with Crippen molar-refractivity contribution in [3.8, 4) is 0 Å². The monoisotopic (exact) mass is 209 g/mol. The third-order valence-electron chi connectivity index (χ3n) is 3.67. The first-order chi connectivity index (χ1) is 7.24. The number of hydrogen-bond acceptors (Lipinski definition) is 1. The predicted octanol–water partition coefficient (Wildman–Crippen LogP) is 4.00. The Hall–Kier alpha value is -0.300. The average molecular weight is 209 g/mol. The highest BCUT2D eigenvalue weighted by atomic mass is 15.1. The minimum atomic E-state index is 0.814. The fraction of sp³-hybridized carbons (Fsp3) is 0.857. The zero-order valence-corrected chi connectivity index (χ0v) is 10.6. The summed E-state index contributed by atoms with van der Waals surface area (Å²) >= 11 is 0. The van der Waals surface area contributed by atoms with Gasteiger partial charge in [0.15, 0.2) is 0 Å². The van der Waals surface area contributed by atoms with Crippen LogP contribution in [0.2, 0.25) is 0 Å². The van der Waals surface area contributed by atoms with Crippen LogP contribution in [0.25, 0.3) is 0 Å². The van der Waals surface area contributed by atoms with Gasteiger partial charge in [-0.05, 0) is 26.3 Å². The third kappa shape index (κ3) is 4.83. The molecular formula is C14H27N. The summed E-state index contributed by atoms with van der Waals surface area (Å²) in [5.74, 6) is 0. The van der Waals surface area contributed by atoms with Gasteiger partial charge in [-0.1, -0.05) is 51.2 Å². The first-order valence-electron chi connectivity index (χ1n) is 6.61. The lowest BCUT2D eigenvalue weighted by Gasteiger charge is -2.30. The minimum Gasteiger partial charge on any atom is -0.300 e. The molecule has 0 amide bonds. The van der Waals surface area contributed by atoms with Crippen LogP contribution >= 0.6 is 0 Å². The second-order valence-corrected chi connectivity index (χ2v) is 5.02. The van der Waals surface area contributed by atoms with Gasteiger partial charge in [0.05, 0.1) is 0 Å². The van der Waals surface area contributed by atoms with Crippen molar-refractivity contribution >= 4 is 0 Å². The fourth-order valence-corrected chi connectivity index (χ4v) is 2.47. The Morgan fingerprint density at radius 3 is 2.20 bits per heavy atom. The molecule has 1 saturated carbocycles. The molecule has 15 heavy (non-hydrogen) atoms. The number of rotatable bonds is 4. The van der Waals surface area contributed by atoms with E-state index in [-0.39, 0.29) is 0 Å². The van der Waals surface area contributed by atoms with Crippen LogP contribution in [0.3, 0.4) is 0 Å². The van der Waals surface area contributed by atoms with Gasteiger partial charge < -0.3 is 0 Å². The molecule has 0 saturated heterocycles. The minimum absolute atomic E-state index is 0.814. The Morgan fingerprint density at radius 1 is 1.13 bits per heavy atom. The summed E-state index contributed by atoms with van der Waals surface area (Å²) in [6.07, 6.45) is 11.1. The summed E-state index contributed by atoms with van der Waals surface area (Å²) in [5.41, 5.74) is 1.37. The molecular weight excluding hydrogens is 182 g/mol. The molecule has 0 bridgehead atoms. The average Bonchev–Trinajstić information content (AvgIpc) is 2.16. The molecule has 0 atom stereocenters. The van der Waals surface area contributed by atoms with Crippen molar-refractivity contribution in [2.75, 3.05) is 13.6 Å². The van der Waals surface area contributed by atoms with Crippen LogP contribution in [0.15, 0.2) is 12.2 Å². The van der Waals surface area contributed by atoms with Crippen LogP contribution in [0.4, 0.5) is 0 Å². The Labute approximate surface area is 95.5 Å². The molecule has 0 aromatic rings. The highest BCUT2D eigenvalue weighted by molar-refractivity contribution is 4.96. The number of likely N-dealkylation sites (N-methyl/N-ethyl adjacent to an activating group) is 1. The molecule has 0 aromatic heterocycles. The van der Waals surface area contributed by atoms with E-state index < -0.39 is 0 Å². The van der Waals surface area contributed by atoms with Crippen LogP contribution in [-0.2, 0) is 0 Å². The lowest BCUT2D eigenvalue weighted by molar-refractivity contribution is 0.217. The summed E-state index contributed by atoms with van der Waals surface area (Å²) in [6.45, 7) is 7.41. The molecule has 0 heterocycles. The van der Waals surface area contributed by atoms with E-state index in [1.54, 1.807) is 0 Å². The SMILES string of the molecule is C=C(CC)CN(C)C1CCCCCCC1. The summed E-state index contributed by atoms with van der Waals surface area (Å²) < 4.78 is 0. The largest absolute Gasteiger partial charge is 0.300 e. The quantitative estimate of drug-likeness (QED) is 0.633. The highest BCUT2D eigenvalue weighted by Crippen LogP contribution is 2.21. The van der Waals surface area contributed by atoms with Crippen molar-refractivity contribution in [2.24, 2.45) is 0 Å². The van der Waals surface area contributed by atoms with E-state index in [1.165, 1.54) is 50.5 Å². The molecule has 0 unspecified atom stereocenters. The Bertz CT molecular complexity index is 178. The molecule has 1 fully saturated rings. The van der Waals surface area contributed by atoms with Gasteiger partial charge in [-0.25, -0.2) is 0 Å². The Balaban J connectivity index is 2.34. The molecule has 0 spiro atoms. The van der Waals surface area contributed by atoms with Crippen LogP contribution < -0.4 is 0 Å². The van der Waals surface area contributed by atoms with Crippen molar-refractivity contribution < 1.29 is 0 Å². The molecule has 1 nitrogen and oxygen atoms in total. The fourth-order valence-electron chi connectivity index (χ4n) is 2.47. The van der Waals surface area contributed by atoms with Crippen LogP contribution in [0.5, 0.6) is 0 Å². The Morgan fingerprint density at radius 2 is 1.67 bits per heavy atom. The summed E-state index contributed by atoms with van der Waals surface area (Å²) in [5, 5.41) is 0. The molecule has 1 rings (SSSR count). The molecule has 1 aliphatic carbocycles. The summed E-state index contributed by atoms with van der Waals surface area (Å²) in [6, 6.07) is 0.814. The normalized spacial score (nSPS) is 19.9. The van der Waals surface area contributed by atoms with E-state index in [1.807, 2.05) is 0 Å². The van der Waals surface area contributed by atoms with Crippen LogP contribution in [-0.4, -0.2) is 24.5 Å².